The Bertz CT molecular complexity index is 1920. The van der Waals surface area contributed by atoms with Crippen LogP contribution in [0.4, 0.5) is 18.0 Å². The van der Waals surface area contributed by atoms with Crippen LogP contribution in [0, 0.1) is 6.92 Å². The third kappa shape index (κ3) is 9.02. The van der Waals surface area contributed by atoms with Crippen molar-refractivity contribution in [1.82, 2.24) is 45.1 Å². The van der Waals surface area contributed by atoms with Gasteiger partial charge in [-0.25, -0.2) is 19.4 Å². The summed E-state index contributed by atoms with van der Waals surface area (Å²) in [5.41, 5.74) is 1.15. The molecule has 2 amide bonds. The maximum atomic E-state index is 13.3. The predicted octanol–water partition coefficient (Wildman–Crippen LogP) is 6.37. The molecule has 2 fully saturated rings. The highest BCUT2D eigenvalue weighted by molar-refractivity contribution is 5.93. The van der Waals surface area contributed by atoms with E-state index in [0.29, 0.717) is 25.0 Å². The maximum Gasteiger partial charge on any atom is 0.410 e. The summed E-state index contributed by atoms with van der Waals surface area (Å²) in [6, 6.07) is 10.3. The number of nitrogens with zero attached hydrogens (tertiary/aromatic N) is 7. The molecule has 6 rings (SSSR count). The van der Waals surface area contributed by atoms with Gasteiger partial charge in [-0.15, -0.1) is 0 Å². The predicted molar refractivity (Wildman–Crippen MR) is 194 cm³/mol. The lowest BCUT2D eigenvalue weighted by Gasteiger charge is -2.41. The smallest absolute Gasteiger partial charge is 0.410 e. The zero-order chi connectivity index (χ0) is 38.8. The fraction of sp³-hybridized carbons (Fsp3) is 0.526. The summed E-state index contributed by atoms with van der Waals surface area (Å²) in [5, 5.41) is 13.2. The van der Waals surface area contributed by atoms with Crippen LogP contribution in [-0.4, -0.2) is 102 Å². The summed E-state index contributed by atoms with van der Waals surface area (Å²) >= 11 is 0. The Labute approximate surface area is 312 Å². The molecule has 1 saturated heterocycles. The molecule has 0 unspecified atom stereocenters. The minimum Gasteiger partial charge on any atom is -0.474 e. The zero-order valence-electron chi connectivity index (χ0n) is 31.5. The first-order valence-electron chi connectivity index (χ1n) is 18.2. The van der Waals surface area contributed by atoms with Gasteiger partial charge in [0.2, 0.25) is 5.88 Å². The van der Waals surface area contributed by atoms with Gasteiger partial charge in [-0.2, -0.15) is 23.4 Å². The molecule has 1 aliphatic heterocycles. The van der Waals surface area contributed by atoms with Gasteiger partial charge in [-0.3, -0.25) is 14.8 Å². The van der Waals surface area contributed by atoms with Crippen LogP contribution in [0.15, 0.2) is 48.9 Å². The van der Waals surface area contributed by atoms with E-state index in [0.717, 1.165) is 75.0 Å². The van der Waals surface area contributed by atoms with Crippen molar-refractivity contribution in [2.24, 2.45) is 0 Å². The van der Waals surface area contributed by atoms with E-state index < -0.39 is 28.9 Å². The van der Waals surface area contributed by atoms with Gasteiger partial charge in [0.1, 0.15) is 22.9 Å². The van der Waals surface area contributed by atoms with Crippen LogP contribution >= 0.6 is 0 Å². The molecule has 0 radical (unpaired) electrons. The Balaban J connectivity index is 0.971. The monoisotopic (exact) mass is 751 g/mol. The van der Waals surface area contributed by atoms with Gasteiger partial charge in [0.05, 0.1) is 24.0 Å². The van der Waals surface area contributed by atoms with Crippen molar-refractivity contribution in [3.05, 3.63) is 71.7 Å². The summed E-state index contributed by atoms with van der Waals surface area (Å²) in [6.45, 7) is 12.6. The number of alkyl halides is 3. The number of hydrogen-bond donors (Lipinski definition) is 2. The minimum atomic E-state index is -4.52. The Morgan fingerprint density at radius 2 is 1.65 bits per heavy atom. The van der Waals surface area contributed by atoms with Gasteiger partial charge in [0, 0.05) is 56.2 Å². The van der Waals surface area contributed by atoms with Crippen molar-refractivity contribution in [2.45, 2.75) is 103 Å². The summed E-state index contributed by atoms with van der Waals surface area (Å²) in [5.74, 6) is -0.154. The van der Waals surface area contributed by atoms with Gasteiger partial charge in [-0.05, 0) is 96.6 Å². The number of ether oxygens (including phenoxy) is 2. The molecule has 290 valence electrons. The first kappa shape index (κ1) is 38.7. The van der Waals surface area contributed by atoms with E-state index in [2.05, 4.69) is 35.5 Å². The van der Waals surface area contributed by atoms with Crippen LogP contribution < -0.4 is 10.1 Å². The van der Waals surface area contributed by atoms with Gasteiger partial charge >= 0.3 is 12.3 Å². The largest absolute Gasteiger partial charge is 0.474 e. The number of rotatable bonds is 9. The van der Waals surface area contributed by atoms with Crippen LogP contribution in [-0.2, 0) is 16.7 Å². The highest BCUT2D eigenvalue weighted by Gasteiger charge is 2.51. The van der Waals surface area contributed by atoms with E-state index in [1.165, 1.54) is 6.20 Å². The molecule has 2 aliphatic rings. The molecule has 3 aromatic heterocycles. The average Bonchev–Trinajstić information content (AvgIpc) is 3.82. The second-order valence-electron chi connectivity index (χ2n) is 15.5. The third-order valence-electron chi connectivity index (χ3n) is 9.99. The number of carbonyl (C=O) groups is 2. The number of benzene rings is 1. The molecule has 2 N–H and O–H groups in total. The lowest BCUT2D eigenvalue weighted by atomic mass is 9.91. The molecule has 54 heavy (non-hydrogen) atoms. The van der Waals surface area contributed by atoms with Crippen molar-refractivity contribution in [2.75, 3.05) is 26.2 Å². The number of aryl methyl sites for hydroxylation is 1. The Kier molecular flexibility index (Phi) is 11.0. The van der Waals surface area contributed by atoms with E-state index in [1.54, 1.807) is 22.0 Å². The lowest BCUT2D eigenvalue weighted by molar-refractivity contribution is -0.182. The Morgan fingerprint density at radius 3 is 2.28 bits per heavy atom. The van der Waals surface area contributed by atoms with Gasteiger partial charge in [0.15, 0.2) is 5.82 Å². The van der Waals surface area contributed by atoms with E-state index in [4.69, 9.17) is 9.47 Å². The van der Waals surface area contributed by atoms with E-state index >= 15 is 0 Å². The topological polar surface area (TPSA) is 143 Å². The van der Waals surface area contributed by atoms with Crippen LogP contribution in [0.3, 0.4) is 0 Å². The fourth-order valence-corrected chi connectivity index (χ4v) is 6.63. The molecule has 16 heteroatoms. The molecule has 0 spiro atoms. The number of H-pyrrole nitrogens is 1. The van der Waals surface area contributed by atoms with Crippen LogP contribution in [0.1, 0.15) is 87.9 Å². The molecular formula is C38H48F3N9O4. The summed E-state index contributed by atoms with van der Waals surface area (Å²) in [7, 11) is 0. The fourth-order valence-electron chi connectivity index (χ4n) is 6.63. The first-order valence-corrected chi connectivity index (χ1v) is 18.2. The molecule has 4 heterocycles. The first-order chi connectivity index (χ1) is 25.5. The Morgan fingerprint density at radius 1 is 0.944 bits per heavy atom. The summed E-state index contributed by atoms with van der Waals surface area (Å²) < 4.78 is 53.4. The summed E-state index contributed by atoms with van der Waals surface area (Å²) in [6.07, 6.45) is 4.14. The standard InChI is InChI=1S/C38H48F3N9O4/c1-24-19-25(7-13-30(24)50-23-27(21-44-50)33(51)43-22-31-45-34(47-46-31)37(5,6)38(39,40)41)26-8-14-32(42-20-26)53-29-11-9-28(10-12-29)48-15-17-49(18-16-48)35(52)54-36(2,3)4/h7-8,13-14,19-21,23,28-29H,9-12,15-18,22H2,1-6H3,(H,43,51)(H,45,46,47). The average molecular weight is 752 g/mol. The van der Waals surface area contributed by atoms with Gasteiger partial charge in [-0.1, -0.05) is 6.07 Å². The van der Waals surface area contributed by atoms with Crippen molar-refractivity contribution >= 4 is 12.0 Å². The number of amides is 2. The summed E-state index contributed by atoms with van der Waals surface area (Å²) in [4.78, 5) is 38.1. The van der Waals surface area contributed by atoms with E-state index in [1.807, 2.05) is 58.0 Å². The van der Waals surface area contributed by atoms with Crippen molar-refractivity contribution < 1.29 is 32.2 Å². The van der Waals surface area contributed by atoms with Gasteiger partial charge < -0.3 is 19.7 Å². The number of hydrogen-bond acceptors (Lipinski definition) is 9. The molecule has 1 saturated carbocycles. The number of piperazine rings is 1. The Hall–Kier alpha value is -4.99. The molecule has 4 aromatic rings. The second-order valence-corrected chi connectivity index (χ2v) is 15.5. The highest BCUT2D eigenvalue weighted by Crippen LogP contribution is 2.38. The lowest BCUT2D eigenvalue weighted by Crippen LogP contribution is -2.53. The molecular weight excluding hydrogens is 703 g/mol. The van der Waals surface area contributed by atoms with Gasteiger partial charge in [0.25, 0.3) is 5.91 Å². The van der Waals surface area contributed by atoms with E-state index in [-0.39, 0.29) is 30.1 Å². The molecule has 13 nitrogen and oxygen atoms in total. The van der Waals surface area contributed by atoms with Crippen molar-refractivity contribution in [1.29, 1.82) is 0 Å². The van der Waals surface area contributed by atoms with Crippen molar-refractivity contribution in [3.8, 4) is 22.7 Å². The zero-order valence-corrected chi connectivity index (χ0v) is 31.5. The number of pyridine rings is 1. The SMILES string of the molecule is Cc1cc(-c2ccc(OC3CCC(N4CCN(C(=O)OC(C)(C)C)CC4)CC3)nc2)ccc1-n1cc(C(=O)NCc2nc(C(C)(C)C(F)(F)F)n[nH]2)cn1. The van der Waals surface area contributed by atoms with Crippen molar-refractivity contribution in [3.63, 3.8) is 0 Å². The number of nitrogens with one attached hydrogen (secondary N) is 2. The second kappa shape index (κ2) is 15.4. The normalized spacial score (nSPS) is 18.7. The number of aromatic amines is 1. The van der Waals surface area contributed by atoms with Crippen LogP contribution in [0.25, 0.3) is 16.8 Å². The number of aromatic nitrogens is 6. The molecule has 1 aliphatic carbocycles. The molecule has 0 bridgehead atoms. The third-order valence-corrected chi connectivity index (χ3v) is 9.99. The maximum absolute atomic E-state index is 13.3. The molecule has 0 atom stereocenters. The highest BCUT2D eigenvalue weighted by atomic mass is 19.4. The quantitative estimate of drug-likeness (QED) is 0.199. The minimum absolute atomic E-state index is 0.107. The van der Waals surface area contributed by atoms with E-state index in [9.17, 15) is 22.8 Å². The van der Waals surface area contributed by atoms with Crippen LogP contribution in [0.5, 0.6) is 5.88 Å². The molecule has 1 aromatic carbocycles. The van der Waals surface area contributed by atoms with Crippen LogP contribution in [0.2, 0.25) is 0 Å². The number of halogens is 3. The number of carbonyl (C=O) groups excluding carboxylic acids is 2.